The Balaban J connectivity index is 1.89. The summed E-state index contributed by atoms with van der Waals surface area (Å²) in [4.78, 5) is 5.96. The second-order valence-electron chi connectivity index (χ2n) is 5.21. The first kappa shape index (κ1) is 13.8. The Bertz CT molecular complexity index is 760. The van der Waals surface area contributed by atoms with Gasteiger partial charge in [-0.3, -0.25) is 0 Å². The Hall–Kier alpha value is -2.13. The van der Waals surface area contributed by atoms with Gasteiger partial charge >= 0.3 is 0 Å². The van der Waals surface area contributed by atoms with Crippen LogP contribution < -0.4 is 5.32 Å². The zero-order valence-corrected chi connectivity index (χ0v) is 13.3. The van der Waals surface area contributed by atoms with E-state index in [1.807, 2.05) is 18.2 Å². The molecule has 0 aliphatic heterocycles. The van der Waals surface area contributed by atoms with Crippen LogP contribution >= 0.6 is 11.3 Å². The van der Waals surface area contributed by atoms with Crippen LogP contribution in [-0.4, -0.2) is 4.98 Å². The van der Waals surface area contributed by atoms with Gasteiger partial charge in [-0.25, -0.2) is 4.98 Å². The van der Waals surface area contributed by atoms with Gasteiger partial charge in [0.25, 0.3) is 0 Å². The van der Waals surface area contributed by atoms with Gasteiger partial charge in [0, 0.05) is 16.1 Å². The van der Waals surface area contributed by atoms with Crippen molar-refractivity contribution in [3.05, 3.63) is 64.5 Å². The molecule has 0 amide bonds. The lowest BCUT2D eigenvalue weighted by molar-refractivity contribution is 1.32. The molecule has 0 atom stereocenters. The molecule has 21 heavy (non-hydrogen) atoms. The van der Waals surface area contributed by atoms with Gasteiger partial charge in [0.05, 0.1) is 5.69 Å². The third-order valence-electron chi connectivity index (χ3n) is 3.60. The minimum absolute atomic E-state index is 0.939. The second-order valence-corrected chi connectivity index (χ2v) is 6.42. The van der Waals surface area contributed by atoms with E-state index in [0.29, 0.717) is 0 Å². The van der Waals surface area contributed by atoms with E-state index in [-0.39, 0.29) is 0 Å². The van der Waals surface area contributed by atoms with Gasteiger partial charge < -0.3 is 5.32 Å². The molecular formula is C18H18N2S. The van der Waals surface area contributed by atoms with E-state index < -0.39 is 0 Å². The van der Waals surface area contributed by atoms with Gasteiger partial charge in [-0.05, 0) is 44.0 Å². The highest BCUT2D eigenvalue weighted by atomic mass is 32.1. The number of rotatable bonds is 3. The molecule has 2 aromatic carbocycles. The van der Waals surface area contributed by atoms with E-state index in [9.17, 15) is 0 Å². The average molecular weight is 294 g/mol. The Morgan fingerprint density at radius 2 is 1.67 bits per heavy atom. The van der Waals surface area contributed by atoms with Crippen LogP contribution in [0.5, 0.6) is 0 Å². The maximum absolute atomic E-state index is 4.73. The molecule has 0 aliphatic carbocycles. The summed E-state index contributed by atoms with van der Waals surface area (Å²) in [6.45, 7) is 6.37. The topological polar surface area (TPSA) is 24.9 Å². The first-order chi connectivity index (χ1) is 10.1. The number of thiazole rings is 1. The molecule has 1 aromatic heterocycles. The van der Waals surface area contributed by atoms with Crippen LogP contribution in [0.15, 0.2) is 48.5 Å². The molecule has 0 saturated heterocycles. The van der Waals surface area contributed by atoms with Crippen molar-refractivity contribution in [2.75, 3.05) is 5.32 Å². The van der Waals surface area contributed by atoms with E-state index in [2.05, 4.69) is 56.4 Å². The molecule has 1 N–H and O–H groups in total. The van der Waals surface area contributed by atoms with Crippen LogP contribution in [0.4, 0.5) is 10.8 Å². The average Bonchev–Trinajstić information content (AvgIpc) is 2.84. The molecule has 106 valence electrons. The lowest BCUT2D eigenvalue weighted by Gasteiger charge is -2.05. The molecule has 2 nitrogen and oxygen atoms in total. The molecule has 0 unspecified atom stereocenters. The minimum Gasteiger partial charge on any atom is -0.332 e. The third kappa shape index (κ3) is 2.98. The van der Waals surface area contributed by atoms with Gasteiger partial charge in [0.2, 0.25) is 0 Å². The first-order valence-electron chi connectivity index (χ1n) is 7.00. The van der Waals surface area contributed by atoms with Crippen LogP contribution in [0.2, 0.25) is 0 Å². The van der Waals surface area contributed by atoms with Crippen molar-refractivity contribution >= 4 is 22.2 Å². The van der Waals surface area contributed by atoms with Gasteiger partial charge in [-0.15, -0.1) is 11.3 Å². The van der Waals surface area contributed by atoms with Gasteiger partial charge in [-0.2, -0.15) is 0 Å². The lowest BCUT2D eigenvalue weighted by atomic mass is 10.1. The van der Waals surface area contributed by atoms with Gasteiger partial charge in [0.1, 0.15) is 0 Å². The smallest absolute Gasteiger partial charge is 0.187 e. The quantitative estimate of drug-likeness (QED) is 0.692. The summed E-state index contributed by atoms with van der Waals surface area (Å²) < 4.78 is 0. The molecule has 0 spiro atoms. The summed E-state index contributed by atoms with van der Waals surface area (Å²) in [5.41, 5.74) is 5.91. The largest absolute Gasteiger partial charge is 0.332 e. The van der Waals surface area contributed by atoms with Crippen molar-refractivity contribution in [3.8, 4) is 11.3 Å². The van der Waals surface area contributed by atoms with E-state index in [4.69, 9.17) is 4.98 Å². The standard InChI is InChI=1S/C18H18N2S/c1-12-9-10-16(11-13(12)2)19-18-20-17(14(3)21-18)15-7-5-4-6-8-15/h4-11H,1-3H3,(H,19,20). The van der Waals surface area contributed by atoms with Gasteiger partial charge in [0.15, 0.2) is 5.13 Å². The summed E-state index contributed by atoms with van der Waals surface area (Å²) in [6, 6.07) is 16.7. The highest BCUT2D eigenvalue weighted by Crippen LogP contribution is 2.32. The SMILES string of the molecule is Cc1ccc(Nc2nc(-c3ccccc3)c(C)s2)cc1C. The molecular weight excluding hydrogens is 276 g/mol. The normalized spacial score (nSPS) is 10.6. The van der Waals surface area contributed by atoms with Crippen molar-refractivity contribution in [1.29, 1.82) is 0 Å². The van der Waals surface area contributed by atoms with E-state index in [0.717, 1.165) is 16.5 Å². The first-order valence-corrected chi connectivity index (χ1v) is 7.82. The van der Waals surface area contributed by atoms with Crippen LogP contribution in [0, 0.1) is 20.8 Å². The van der Waals surface area contributed by atoms with E-state index in [1.165, 1.54) is 21.6 Å². The van der Waals surface area contributed by atoms with Crippen molar-refractivity contribution < 1.29 is 0 Å². The second kappa shape index (κ2) is 5.70. The molecule has 0 bridgehead atoms. The predicted molar refractivity (Wildman–Crippen MR) is 91.5 cm³/mol. The highest BCUT2D eigenvalue weighted by Gasteiger charge is 2.09. The van der Waals surface area contributed by atoms with Crippen molar-refractivity contribution in [1.82, 2.24) is 4.98 Å². The third-order valence-corrected chi connectivity index (χ3v) is 4.49. The van der Waals surface area contributed by atoms with Crippen molar-refractivity contribution in [2.24, 2.45) is 0 Å². The zero-order valence-electron chi connectivity index (χ0n) is 12.5. The zero-order chi connectivity index (χ0) is 14.8. The number of hydrogen-bond donors (Lipinski definition) is 1. The van der Waals surface area contributed by atoms with Crippen LogP contribution in [0.25, 0.3) is 11.3 Å². The maximum atomic E-state index is 4.73. The molecule has 3 heteroatoms. The molecule has 0 fully saturated rings. The highest BCUT2D eigenvalue weighted by molar-refractivity contribution is 7.16. The predicted octanol–water partition coefficient (Wildman–Crippen LogP) is 5.48. The lowest BCUT2D eigenvalue weighted by Crippen LogP contribution is -1.91. The number of nitrogens with zero attached hydrogens (tertiary/aromatic N) is 1. The Morgan fingerprint density at radius 3 is 2.38 bits per heavy atom. The fraction of sp³-hybridized carbons (Fsp3) is 0.167. The molecule has 0 aliphatic rings. The fourth-order valence-corrected chi connectivity index (χ4v) is 3.11. The van der Waals surface area contributed by atoms with Crippen LogP contribution in [0.3, 0.4) is 0 Å². The van der Waals surface area contributed by atoms with Crippen molar-refractivity contribution in [3.63, 3.8) is 0 Å². The summed E-state index contributed by atoms with van der Waals surface area (Å²) in [5.74, 6) is 0. The minimum atomic E-state index is 0.939. The molecule has 0 radical (unpaired) electrons. The Labute approximate surface area is 129 Å². The number of anilines is 2. The number of benzene rings is 2. The van der Waals surface area contributed by atoms with Crippen LogP contribution in [0.1, 0.15) is 16.0 Å². The Kier molecular flexibility index (Phi) is 3.76. The van der Waals surface area contributed by atoms with Gasteiger partial charge in [-0.1, -0.05) is 36.4 Å². The summed E-state index contributed by atoms with van der Waals surface area (Å²) >= 11 is 1.69. The maximum Gasteiger partial charge on any atom is 0.187 e. The molecule has 0 saturated carbocycles. The molecule has 3 rings (SSSR count). The summed E-state index contributed by atoms with van der Waals surface area (Å²) in [7, 11) is 0. The Morgan fingerprint density at radius 1 is 0.905 bits per heavy atom. The summed E-state index contributed by atoms with van der Waals surface area (Å²) in [6.07, 6.45) is 0. The van der Waals surface area contributed by atoms with E-state index >= 15 is 0 Å². The monoisotopic (exact) mass is 294 g/mol. The number of aromatic nitrogens is 1. The molecule has 1 heterocycles. The number of nitrogens with one attached hydrogen (secondary N) is 1. The number of hydrogen-bond acceptors (Lipinski definition) is 3. The van der Waals surface area contributed by atoms with E-state index in [1.54, 1.807) is 11.3 Å². The number of aryl methyl sites for hydroxylation is 3. The fourth-order valence-electron chi connectivity index (χ4n) is 2.26. The summed E-state index contributed by atoms with van der Waals surface area (Å²) in [5, 5.41) is 4.35. The molecule has 3 aromatic rings. The van der Waals surface area contributed by atoms with Crippen LogP contribution in [-0.2, 0) is 0 Å². The van der Waals surface area contributed by atoms with Crippen molar-refractivity contribution in [2.45, 2.75) is 20.8 Å².